The highest BCUT2D eigenvalue weighted by Gasteiger charge is 2.32. The summed E-state index contributed by atoms with van der Waals surface area (Å²) < 4.78 is 25.9. The SMILES string of the molecule is O=C(O)C1CCCCN1C(=O)c1ccc(F)c(F)c1. The van der Waals surface area contributed by atoms with E-state index in [1.165, 1.54) is 4.90 Å². The number of rotatable bonds is 2. The van der Waals surface area contributed by atoms with Crippen molar-refractivity contribution in [2.75, 3.05) is 6.54 Å². The molecule has 1 aliphatic rings. The Bertz CT molecular complexity index is 519. The maximum Gasteiger partial charge on any atom is 0.326 e. The van der Waals surface area contributed by atoms with Gasteiger partial charge < -0.3 is 10.0 Å². The number of benzene rings is 1. The van der Waals surface area contributed by atoms with E-state index in [1.807, 2.05) is 0 Å². The molecule has 1 aromatic carbocycles. The van der Waals surface area contributed by atoms with Crippen LogP contribution in [-0.4, -0.2) is 34.5 Å². The maximum absolute atomic E-state index is 13.1. The molecule has 0 aliphatic carbocycles. The van der Waals surface area contributed by atoms with Gasteiger partial charge in [0.1, 0.15) is 6.04 Å². The Morgan fingerprint density at radius 2 is 1.95 bits per heavy atom. The van der Waals surface area contributed by atoms with Gasteiger partial charge in [-0.15, -0.1) is 0 Å². The Labute approximate surface area is 108 Å². The van der Waals surface area contributed by atoms with Crippen molar-refractivity contribution in [3.63, 3.8) is 0 Å². The summed E-state index contributed by atoms with van der Waals surface area (Å²) in [7, 11) is 0. The Hall–Kier alpha value is -1.98. The van der Waals surface area contributed by atoms with Crippen LogP contribution in [0.15, 0.2) is 18.2 Å². The van der Waals surface area contributed by atoms with E-state index in [9.17, 15) is 18.4 Å². The van der Waals surface area contributed by atoms with Crippen LogP contribution in [0.2, 0.25) is 0 Å². The van der Waals surface area contributed by atoms with Crippen molar-refractivity contribution in [2.24, 2.45) is 0 Å². The summed E-state index contributed by atoms with van der Waals surface area (Å²) in [6, 6.07) is 1.93. The number of amides is 1. The van der Waals surface area contributed by atoms with Gasteiger partial charge in [-0.2, -0.15) is 0 Å². The lowest BCUT2D eigenvalue weighted by Crippen LogP contribution is -2.48. The average molecular weight is 269 g/mol. The van der Waals surface area contributed by atoms with Gasteiger partial charge >= 0.3 is 5.97 Å². The highest BCUT2D eigenvalue weighted by molar-refractivity contribution is 5.96. The van der Waals surface area contributed by atoms with E-state index in [0.717, 1.165) is 24.6 Å². The van der Waals surface area contributed by atoms with Gasteiger partial charge in [0.05, 0.1) is 0 Å². The molecule has 1 heterocycles. The van der Waals surface area contributed by atoms with Crippen LogP contribution in [0.3, 0.4) is 0 Å². The Kier molecular flexibility index (Phi) is 3.78. The third-order valence-corrected chi connectivity index (χ3v) is 3.22. The van der Waals surface area contributed by atoms with Gasteiger partial charge in [-0.25, -0.2) is 13.6 Å². The van der Waals surface area contributed by atoms with E-state index < -0.39 is 29.6 Å². The second-order valence-electron chi connectivity index (χ2n) is 4.48. The molecule has 0 aromatic heterocycles. The summed E-state index contributed by atoms with van der Waals surface area (Å²) in [6.07, 6.45) is 1.82. The minimum Gasteiger partial charge on any atom is -0.480 e. The second-order valence-corrected chi connectivity index (χ2v) is 4.48. The summed E-state index contributed by atoms with van der Waals surface area (Å²) in [5.74, 6) is -3.80. The Balaban J connectivity index is 2.26. The van der Waals surface area contributed by atoms with Crippen LogP contribution in [0, 0.1) is 11.6 Å². The van der Waals surface area contributed by atoms with E-state index in [2.05, 4.69) is 0 Å². The molecule has 0 bridgehead atoms. The van der Waals surface area contributed by atoms with Gasteiger partial charge in [0.2, 0.25) is 0 Å². The first-order valence-corrected chi connectivity index (χ1v) is 5.99. The molecule has 1 saturated heterocycles. The Morgan fingerprint density at radius 3 is 2.58 bits per heavy atom. The van der Waals surface area contributed by atoms with Crippen molar-refractivity contribution < 1.29 is 23.5 Å². The van der Waals surface area contributed by atoms with Crippen LogP contribution in [0.1, 0.15) is 29.6 Å². The molecule has 1 aromatic rings. The monoisotopic (exact) mass is 269 g/mol. The molecule has 1 unspecified atom stereocenters. The first-order valence-electron chi connectivity index (χ1n) is 5.99. The van der Waals surface area contributed by atoms with Crippen LogP contribution < -0.4 is 0 Å². The molecule has 102 valence electrons. The van der Waals surface area contributed by atoms with Crippen molar-refractivity contribution in [3.05, 3.63) is 35.4 Å². The minimum atomic E-state index is -1.12. The van der Waals surface area contributed by atoms with Crippen LogP contribution in [0.4, 0.5) is 8.78 Å². The molecule has 1 atom stereocenters. The number of piperidine rings is 1. The molecule has 0 saturated carbocycles. The molecule has 2 rings (SSSR count). The van der Waals surface area contributed by atoms with Gasteiger partial charge in [-0.05, 0) is 37.5 Å². The fourth-order valence-electron chi connectivity index (χ4n) is 2.23. The lowest BCUT2D eigenvalue weighted by atomic mass is 10.0. The van der Waals surface area contributed by atoms with Crippen molar-refractivity contribution in [3.8, 4) is 0 Å². The highest BCUT2D eigenvalue weighted by atomic mass is 19.2. The molecule has 19 heavy (non-hydrogen) atoms. The van der Waals surface area contributed by atoms with Gasteiger partial charge in [-0.3, -0.25) is 4.79 Å². The summed E-state index contributed by atoms with van der Waals surface area (Å²) in [4.78, 5) is 24.5. The fourth-order valence-corrected chi connectivity index (χ4v) is 2.23. The number of carboxylic acids is 1. The van der Waals surface area contributed by atoms with Crippen LogP contribution >= 0.6 is 0 Å². The summed E-state index contributed by atoms with van der Waals surface area (Å²) >= 11 is 0. The average Bonchev–Trinajstić information content (AvgIpc) is 2.41. The summed E-state index contributed by atoms with van der Waals surface area (Å²) in [5.41, 5.74) is -0.0351. The minimum absolute atomic E-state index is 0.0351. The van der Waals surface area contributed by atoms with Crippen LogP contribution in [0.5, 0.6) is 0 Å². The predicted molar refractivity (Wildman–Crippen MR) is 62.7 cm³/mol. The fraction of sp³-hybridized carbons (Fsp3) is 0.385. The van der Waals surface area contributed by atoms with Crippen molar-refractivity contribution >= 4 is 11.9 Å². The maximum atomic E-state index is 13.1. The van der Waals surface area contributed by atoms with E-state index >= 15 is 0 Å². The predicted octanol–water partition coefficient (Wildman–Crippen LogP) is 2.04. The lowest BCUT2D eigenvalue weighted by molar-refractivity contribution is -0.143. The van der Waals surface area contributed by atoms with E-state index in [1.54, 1.807) is 0 Å². The van der Waals surface area contributed by atoms with E-state index in [-0.39, 0.29) is 5.56 Å². The van der Waals surface area contributed by atoms with Crippen molar-refractivity contribution in [2.45, 2.75) is 25.3 Å². The normalized spacial score (nSPS) is 19.3. The zero-order chi connectivity index (χ0) is 14.0. The number of aliphatic carboxylic acids is 1. The number of hydrogen-bond acceptors (Lipinski definition) is 2. The highest BCUT2D eigenvalue weighted by Crippen LogP contribution is 2.20. The zero-order valence-electron chi connectivity index (χ0n) is 10.1. The number of carbonyl (C=O) groups excluding carboxylic acids is 1. The van der Waals surface area contributed by atoms with E-state index in [0.29, 0.717) is 19.4 Å². The van der Waals surface area contributed by atoms with Crippen molar-refractivity contribution in [1.82, 2.24) is 4.90 Å². The first kappa shape index (κ1) is 13.5. The molecule has 1 amide bonds. The lowest BCUT2D eigenvalue weighted by Gasteiger charge is -2.33. The molecule has 1 N–H and O–H groups in total. The number of nitrogens with zero attached hydrogens (tertiary/aromatic N) is 1. The van der Waals surface area contributed by atoms with Crippen molar-refractivity contribution in [1.29, 1.82) is 0 Å². The summed E-state index contributed by atoms with van der Waals surface area (Å²) in [5, 5.41) is 9.08. The third-order valence-electron chi connectivity index (χ3n) is 3.22. The molecule has 1 fully saturated rings. The number of hydrogen-bond donors (Lipinski definition) is 1. The number of carboxylic acid groups (broad SMARTS) is 1. The largest absolute Gasteiger partial charge is 0.480 e. The first-order chi connectivity index (χ1) is 9.00. The van der Waals surface area contributed by atoms with Gasteiger partial charge in [0.15, 0.2) is 11.6 Å². The topological polar surface area (TPSA) is 57.6 Å². The molecular weight excluding hydrogens is 256 g/mol. The molecular formula is C13H13F2NO3. The second kappa shape index (κ2) is 5.34. The quantitative estimate of drug-likeness (QED) is 0.893. The summed E-state index contributed by atoms with van der Waals surface area (Å²) in [6.45, 7) is 0.314. The number of likely N-dealkylation sites (tertiary alicyclic amines) is 1. The number of halogens is 2. The molecule has 4 nitrogen and oxygen atoms in total. The molecule has 1 aliphatic heterocycles. The third kappa shape index (κ3) is 2.72. The molecule has 0 radical (unpaired) electrons. The zero-order valence-corrected chi connectivity index (χ0v) is 10.1. The smallest absolute Gasteiger partial charge is 0.326 e. The standard InChI is InChI=1S/C13H13F2NO3/c14-9-5-4-8(7-10(9)15)12(17)16-6-2-1-3-11(16)13(18)19/h4-5,7,11H,1-3,6H2,(H,18,19). The van der Waals surface area contributed by atoms with Gasteiger partial charge in [0, 0.05) is 12.1 Å². The van der Waals surface area contributed by atoms with Gasteiger partial charge in [0.25, 0.3) is 5.91 Å². The van der Waals surface area contributed by atoms with E-state index in [4.69, 9.17) is 5.11 Å². The van der Waals surface area contributed by atoms with Gasteiger partial charge in [-0.1, -0.05) is 0 Å². The Morgan fingerprint density at radius 1 is 1.21 bits per heavy atom. The molecule has 6 heteroatoms. The molecule has 0 spiro atoms. The van der Waals surface area contributed by atoms with Crippen LogP contribution in [0.25, 0.3) is 0 Å². The number of carbonyl (C=O) groups is 2. The van der Waals surface area contributed by atoms with Crippen LogP contribution in [-0.2, 0) is 4.79 Å².